The third-order valence-corrected chi connectivity index (χ3v) is 3.74. The van der Waals surface area contributed by atoms with E-state index in [1.165, 1.54) is 4.57 Å². The van der Waals surface area contributed by atoms with Gasteiger partial charge in [0.25, 0.3) is 11.5 Å². The van der Waals surface area contributed by atoms with Gasteiger partial charge in [0.15, 0.2) is 11.4 Å². The molecule has 0 radical (unpaired) electrons. The smallest absolute Gasteiger partial charge is 0.322 e. The maximum Gasteiger partial charge on any atom is 0.322 e. The van der Waals surface area contributed by atoms with Crippen molar-refractivity contribution in [1.29, 1.82) is 0 Å². The normalized spacial score (nSPS) is 10.4. The number of carbonyl (C=O) groups is 2. The molecule has 3 N–H and O–H groups in total. The number of carbonyl (C=O) groups excluding carboxylic acids is 1. The lowest BCUT2D eigenvalue weighted by Crippen LogP contribution is -2.36. The molecule has 1 heterocycles. The standard InChI is InChI=1S/C19H15N3O5/c23-14(24)11-20-17(25)15-18(26)21-16(12-7-3-1-4-8-12)22(19(15)27)13-9-5-2-6-10-13/h1-10,26H,11H2,(H,20,25)(H,23,24). The number of rotatable bonds is 5. The lowest BCUT2D eigenvalue weighted by Gasteiger charge is -2.15. The highest BCUT2D eigenvalue weighted by molar-refractivity contribution is 5.97. The first-order valence-electron chi connectivity index (χ1n) is 7.96. The molecule has 0 bridgehead atoms. The number of amides is 1. The second-order valence-electron chi connectivity index (χ2n) is 5.55. The minimum atomic E-state index is -1.28. The maximum absolute atomic E-state index is 13.0. The van der Waals surface area contributed by atoms with Crippen LogP contribution in [-0.2, 0) is 4.79 Å². The van der Waals surface area contributed by atoms with E-state index in [1.807, 2.05) is 0 Å². The van der Waals surface area contributed by atoms with Crippen LogP contribution in [0.25, 0.3) is 17.1 Å². The van der Waals surface area contributed by atoms with Crippen molar-refractivity contribution in [2.24, 2.45) is 0 Å². The lowest BCUT2D eigenvalue weighted by molar-refractivity contribution is -0.135. The molecule has 27 heavy (non-hydrogen) atoms. The molecule has 0 spiro atoms. The largest absolute Gasteiger partial charge is 0.493 e. The van der Waals surface area contributed by atoms with Crippen LogP contribution in [0.4, 0.5) is 0 Å². The number of para-hydroxylation sites is 1. The Morgan fingerprint density at radius 1 is 1.00 bits per heavy atom. The molecular weight excluding hydrogens is 350 g/mol. The van der Waals surface area contributed by atoms with E-state index in [0.717, 1.165) is 0 Å². The van der Waals surface area contributed by atoms with E-state index in [-0.39, 0.29) is 5.82 Å². The highest BCUT2D eigenvalue weighted by atomic mass is 16.4. The molecule has 2 aromatic carbocycles. The highest BCUT2D eigenvalue weighted by Gasteiger charge is 2.24. The quantitative estimate of drug-likeness (QED) is 0.629. The molecule has 136 valence electrons. The molecule has 0 saturated carbocycles. The summed E-state index contributed by atoms with van der Waals surface area (Å²) in [6, 6.07) is 17.2. The molecule has 1 aromatic heterocycles. The molecule has 3 aromatic rings. The number of carboxylic acids is 1. The van der Waals surface area contributed by atoms with Gasteiger partial charge in [-0.2, -0.15) is 4.98 Å². The van der Waals surface area contributed by atoms with Crippen LogP contribution >= 0.6 is 0 Å². The minimum absolute atomic E-state index is 0.152. The van der Waals surface area contributed by atoms with Crippen molar-refractivity contribution in [2.45, 2.75) is 0 Å². The zero-order valence-electron chi connectivity index (χ0n) is 14.0. The van der Waals surface area contributed by atoms with E-state index in [1.54, 1.807) is 60.7 Å². The molecule has 8 nitrogen and oxygen atoms in total. The lowest BCUT2D eigenvalue weighted by atomic mass is 10.1. The Morgan fingerprint density at radius 3 is 2.19 bits per heavy atom. The zero-order chi connectivity index (χ0) is 19.4. The van der Waals surface area contributed by atoms with E-state index in [2.05, 4.69) is 10.3 Å². The average molecular weight is 365 g/mol. The summed E-state index contributed by atoms with van der Waals surface area (Å²) in [6.45, 7) is -0.691. The van der Waals surface area contributed by atoms with Gasteiger partial charge in [0.05, 0.1) is 5.69 Å². The van der Waals surface area contributed by atoms with Crippen LogP contribution in [0.15, 0.2) is 65.5 Å². The van der Waals surface area contributed by atoms with E-state index in [0.29, 0.717) is 11.3 Å². The summed E-state index contributed by atoms with van der Waals surface area (Å²) in [5, 5.41) is 21.0. The maximum atomic E-state index is 13.0. The van der Waals surface area contributed by atoms with Crippen LogP contribution < -0.4 is 10.9 Å². The van der Waals surface area contributed by atoms with E-state index in [9.17, 15) is 19.5 Å². The van der Waals surface area contributed by atoms with Crippen molar-refractivity contribution >= 4 is 11.9 Å². The van der Waals surface area contributed by atoms with Crippen LogP contribution in [-0.4, -0.2) is 38.2 Å². The van der Waals surface area contributed by atoms with Gasteiger partial charge in [-0.3, -0.25) is 19.0 Å². The first-order chi connectivity index (χ1) is 13.0. The number of hydrogen-bond acceptors (Lipinski definition) is 5. The number of hydrogen-bond donors (Lipinski definition) is 3. The molecular formula is C19H15N3O5. The molecule has 0 aliphatic heterocycles. The predicted molar refractivity (Wildman–Crippen MR) is 96.9 cm³/mol. The Hall–Kier alpha value is -3.94. The van der Waals surface area contributed by atoms with Gasteiger partial charge in [-0.05, 0) is 12.1 Å². The van der Waals surface area contributed by atoms with Gasteiger partial charge in [-0.1, -0.05) is 48.5 Å². The fourth-order valence-corrected chi connectivity index (χ4v) is 2.55. The van der Waals surface area contributed by atoms with Crippen LogP contribution in [0.1, 0.15) is 10.4 Å². The molecule has 8 heteroatoms. The molecule has 0 aliphatic carbocycles. The average Bonchev–Trinajstić information content (AvgIpc) is 2.67. The first-order valence-corrected chi connectivity index (χ1v) is 7.96. The van der Waals surface area contributed by atoms with Gasteiger partial charge in [0.2, 0.25) is 5.88 Å². The summed E-state index contributed by atoms with van der Waals surface area (Å²) in [7, 11) is 0. The Kier molecular flexibility index (Phi) is 4.98. The Labute approximate surface area is 153 Å². The topological polar surface area (TPSA) is 122 Å². The molecule has 0 atom stereocenters. The highest BCUT2D eigenvalue weighted by Crippen LogP contribution is 2.23. The number of carboxylic acid groups (broad SMARTS) is 1. The second-order valence-corrected chi connectivity index (χ2v) is 5.55. The fourth-order valence-electron chi connectivity index (χ4n) is 2.55. The van der Waals surface area contributed by atoms with Gasteiger partial charge in [-0.25, -0.2) is 0 Å². The number of benzene rings is 2. The summed E-state index contributed by atoms with van der Waals surface area (Å²) < 4.78 is 1.20. The van der Waals surface area contributed by atoms with Gasteiger partial charge in [-0.15, -0.1) is 0 Å². The van der Waals surface area contributed by atoms with Crippen molar-refractivity contribution < 1.29 is 19.8 Å². The fraction of sp³-hybridized carbons (Fsp3) is 0.0526. The predicted octanol–water partition coefficient (Wildman–Crippen LogP) is 1.42. The summed E-state index contributed by atoms with van der Waals surface area (Å²) in [5.74, 6) is -2.91. The molecule has 0 fully saturated rings. The minimum Gasteiger partial charge on any atom is -0.493 e. The SMILES string of the molecule is O=C(O)CNC(=O)c1c(O)nc(-c2ccccc2)n(-c2ccccc2)c1=O. The van der Waals surface area contributed by atoms with E-state index in [4.69, 9.17) is 5.11 Å². The molecule has 0 saturated heterocycles. The van der Waals surface area contributed by atoms with E-state index < -0.39 is 35.4 Å². The van der Waals surface area contributed by atoms with Gasteiger partial charge >= 0.3 is 5.97 Å². The van der Waals surface area contributed by atoms with Crippen LogP contribution in [0, 0.1) is 0 Å². The van der Waals surface area contributed by atoms with E-state index >= 15 is 0 Å². The first kappa shape index (κ1) is 17.9. The number of aromatic hydroxyl groups is 1. The molecule has 0 unspecified atom stereocenters. The van der Waals surface area contributed by atoms with Crippen LogP contribution in [0.3, 0.4) is 0 Å². The third-order valence-electron chi connectivity index (χ3n) is 3.74. The van der Waals surface area contributed by atoms with Crippen LogP contribution in [0.2, 0.25) is 0 Å². The number of aromatic nitrogens is 2. The molecule has 3 rings (SSSR count). The van der Waals surface area contributed by atoms with Crippen LogP contribution in [0.5, 0.6) is 5.88 Å². The summed E-state index contributed by atoms with van der Waals surface area (Å²) in [4.78, 5) is 40.0. The monoisotopic (exact) mass is 365 g/mol. The molecule has 1 amide bonds. The van der Waals surface area contributed by atoms with Gasteiger partial charge in [0.1, 0.15) is 6.54 Å². The number of nitrogens with one attached hydrogen (secondary N) is 1. The number of aliphatic carboxylic acids is 1. The second kappa shape index (κ2) is 7.52. The summed E-state index contributed by atoms with van der Waals surface area (Å²) in [6.07, 6.45) is 0. The number of nitrogens with zero attached hydrogens (tertiary/aromatic N) is 2. The van der Waals surface area contributed by atoms with Gasteiger partial charge in [0, 0.05) is 5.56 Å². The molecule has 0 aliphatic rings. The Balaban J connectivity index is 2.24. The summed E-state index contributed by atoms with van der Waals surface area (Å²) in [5.41, 5.74) is -0.428. The Bertz CT molecular complexity index is 1050. The van der Waals surface area contributed by atoms with Crippen molar-refractivity contribution in [2.75, 3.05) is 6.54 Å². The summed E-state index contributed by atoms with van der Waals surface area (Å²) >= 11 is 0. The van der Waals surface area contributed by atoms with Gasteiger partial charge < -0.3 is 15.5 Å². The van der Waals surface area contributed by atoms with Crippen molar-refractivity contribution in [3.63, 3.8) is 0 Å². The zero-order valence-corrected chi connectivity index (χ0v) is 14.0. The van der Waals surface area contributed by atoms with Crippen molar-refractivity contribution in [1.82, 2.24) is 14.9 Å². The Morgan fingerprint density at radius 2 is 1.59 bits per heavy atom. The third kappa shape index (κ3) is 3.69. The van der Waals surface area contributed by atoms with Crippen molar-refractivity contribution in [3.05, 3.63) is 76.6 Å². The van der Waals surface area contributed by atoms with Crippen molar-refractivity contribution in [3.8, 4) is 23.0 Å².